The summed E-state index contributed by atoms with van der Waals surface area (Å²) in [6, 6.07) is 11.1. The molecule has 1 aromatic heterocycles. The number of hydrogen-bond donors (Lipinski definition) is 0. The molecule has 2 aliphatic rings. The molecule has 214 valence electrons. The lowest BCUT2D eigenvalue weighted by Gasteiger charge is -2.30. The number of thiazole rings is 1. The minimum Gasteiger partial charge on any atom is -0.494 e. The number of esters is 1. The zero-order valence-corrected chi connectivity index (χ0v) is 23.8. The lowest BCUT2D eigenvalue weighted by molar-refractivity contribution is -0.384. The number of rotatable bonds is 8. The number of hydrogen-bond acceptors (Lipinski definition) is 10. The zero-order valence-electron chi connectivity index (χ0n) is 23.0. The van der Waals surface area contributed by atoms with E-state index in [1.54, 1.807) is 38.1 Å². The van der Waals surface area contributed by atoms with Gasteiger partial charge in [0.05, 0.1) is 53.2 Å². The third-order valence-electron chi connectivity index (χ3n) is 6.88. The van der Waals surface area contributed by atoms with Crippen molar-refractivity contribution in [3.8, 4) is 5.75 Å². The maximum Gasteiger partial charge on any atom is 0.338 e. The van der Waals surface area contributed by atoms with E-state index in [4.69, 9.17) is 14.2 Å². The average Bonchev–Trinajstić information content (AvgIpc) is 3.27. The third-order valence-corrected chi connectivity index (χ3v) is 7.87. The van der Waals surface area contributed by atoms with Crippen molar-refractivity contribution in [3.63, 3.8) is 0 Å². The first-order valence-corrected chi connectivity index (χ1v) is 14.2. The van der Waals surface area contributed by atoms with Crippen molar-refractivity contribution in [2.75, 3.05) is 44.4 Å². The van der Waals surface area contributed by atoms with Crippen LogP contribution in [0.25, 0.3) is 6.08 Å². The number of benzene rings is 2. The number of ether oxygens (including phenoxy) is 3. The molecule has 1 atom stereocenters. The van der Waals surface area contributed by atoms with Crippen LogP contribution in [0.1, 0.15) is 37.9 Å². The quantitative estimate of drug-likeness (QED) is 0.227. The van der Waals surface area contributed by atoms with Gasteiger partial charge in [-0.25, -0.2) is 9.79 Å². The molecule has 5 rings (SSSR count). The summed E-state index contributed by atoms with van der Waals surface area (Å²) >= 11 is 1.17. The molecule has 11 nitrogen and oxygen atoms in total. The number of allylic oxidation sites excluding steroid dienone is 1. The molecule has 0 N–H and O–H groups in total. The minimum atomic E-state index is -0.771. The number of fused-ring (bicyclic) bond motifs is 1. The summed E-state index contributed by atoms with van der Waals surface area (Å²) in [7, 11) is 0. The van der Waals surface area contributed by atoms with E-state index in [0.717, 1.165) is 5.69 Å². The molecule has 3 heterocycles. The van der Waals surface area contributed by atoms with Gasteiger partial charge < -0.3 is 19.1 Å². The first kappa shape index (κ1) is 28.2. The summed E-state index contributed by atoms with van der Waals surface area (Å²) in [6.07, 6.45) is 1.67. The highest BCUT2D eigenvalue weighted by molar-refractivity contribution is 7.07. The average molecular weight is 579 g/mol. The van der Waals surface area contributed by atoms with Gasteiger partial charge in [-0.15, -0.1) is 0 Å². The second-order valence-corrected chi connectivity index (χ2v) is 10.4. The fraction of sp³-hybridized carbons (Fsp3) is 0.345. The molecule has 2 aliphatic heterocycles. The molecule has 1 fully saturated rings. The highest BCUT2D eigenvalue weighted by atomic mass is 32.1. The molecule has 0 aliphatic carbocycles. The molecule has 3 aromatic rings. The van der Waals surface area contributed by atoms with E-state index >= 15 is 0 Å². The Kier molecular flexibility index (Phi) is 8.31. The van der Waals surface area contributed by atoms with Gasteiger partial charge in [0.1, 0.15) is 5.75 Å². The van der Waals surface area contributed by atoms with Gasteiger partial charge in [0.15, 0.2) is 4.80 Å². The van der Waals surface area contributed by atoms with Gasteiger partial charge in [-0.3, -0.25) is 19.5 Å². The van der Waals surface area contributed by atoms with Crippen molar-refractivity contribution >= 4 is 34.8 Å². The molecule has 0 amide bonds. The van der Waals surface area contributed by atoms with Crippen LogP contribution in [0.3, 0.4) is 0 Å². The van der Waals surface area contributed by atoms with E-state index < -0.39 is 16.9 Å². The van der Waals surface area contributed by atoms with E-state index in [9.17, 15) is 19.7 Å². The van der Waals surface area contributed by atoms with Crippen LogP contribution in [0.2, 0.25) is 0 Å². The van der Waals surface area contributed by atoms with E-state index in [0.29, 0.717) is 64.8 Å². The fourth-order valence-corrected chi connectivity index (χ4v) is 6.06. The molecule has 0 saturated carbocycles. The van der Waals surface area contributed by atoms with Crippen LogP contribution >= 0.6 is 11.3 Å². The topological polar surface area (TPSA) is 126 Å². The molecule has 0 spiro atoms. The Morgan fingerprint density at radius 2 is 1.90 bits per heavy atom. The van der Waals surface area contributed by atoms with Gasteiger partial charge in [-0.2, -0.15) is 0 Å². The Balaban J connectivity index is 1.69. The van der Waals surface area contributed by atoms with Crippen molar-refractivity contribution in [2.45, 2.75) is 26.8 Å². The number of carbonyl (C=O) groups excluding carboxylic acids is 1. The number of nitrogens with zero attached hydrogens (tertiary/aromatic N) is 4. The summed E-state index contributed by atoms with van der Waals surface area (Å²) < 4.78 is 18.3. The Morgan fingerprint density at radius 3 is 2.56 bits per heavy atom. The molecule has 12 heteroatoms. The second kappa shape index (κ2) is 12.1. The van der Waals surface area contributed by atoms with Crippen molar-refractivity contribution in [1.82, 2.24) is 4.57 Å². The monoisotopic (exact) mass is 578 g/mol. The number of anilines is 1. The minimum absolute atomic E-state index is 0.0752. The number of aromatic nitrogens is 1. The first-order chi connectivity index (χ1) is 19.8. The second-order valence-electron chi connectivity index (χ2n) is 9.40. The van der Waals surface area contributed by atoms with Crippen LogP contribution in [0.5, 0.6) is 5.75 Å². The third kappa shape index (κ3) is 5.66. The van der Waals surface area contributed by atoms with Crippen molar-refractivity contribution in [1.29, 1.82) is 0 Å². The summed E-state index contributed by atoms with van der Waals surface area (Å²) in [5.41, 5.74) is 2.32. The van der Waals surface area contributed by atoms with E-state index in [1.807, 2.05) is 19.1 Å². The number of carbonyl (C=O) groups is 1. The first-order valence-electron chi connectivity index (χ1n) is 13.4. The van der Waals surface area contributed by atoms with E-state index in [1.165, 1.54) is 28.0 Å². The van der Waals surface area contributed by atoms with Crippen LogP contribution < -0.4 is 24.5 Å². The molecule has 1 saturated heterocycles. The highest BCUT2D eigenvalue weighted by Gasteiger charge is 2.33. The highest BCUT2D eigenvalue weighted by Crippen LogP contribution is 2.32. The summed E-state index contributed by atoms with van der Waals surface area (Å²) in [5, 5.41) is 11.6. The fourth-order valence-electron chi connectivity index (χ4n) is 5.02. The van der Waals surface area contributed by atoms with E-state index in [-0.39, 0.29) is 23.4 Å². The van der Waals surface area contributed by atoms with Crippen molar-refractivity contribution in [3.05, 3.63) is 94.7 Å². The lowest BCUT2D eigenvalue weighted by Crippen LogP contribution is -2.40. The summed E-state index contributed by atoms with van der Waals surface area (Å²) in [5.74, 6) is 0.124. The normalized spacial score (nSPS) is 17.2. The molecular formula is C29H30N4O7S. The molecule has 0 radical (unpaired) electrons. The molecule has 41 heavy (non-hydrogen) atoms. The molecule has 2 aromatic carbocycles. The largest absolute Gasteiger partial charge is 0.494 e. The maximum atomic E-state index is 14.0. The van der Waals surface area contributed by atoms with Crippen molar-refractivity contribution < 1.29 is 23.9 Å². The van der Waals surface area contributed by atoms with E-state index in [2.05, 4.69) is 9.89 Å². The van der Waals surface area contributed by atoms with Crippen LogP contribution in [0.4, 0.5) is 11.4 Å². The Morgan fingerprint density at radius 1 is 1.17 bits per heavy atom. The summed E-state index contributed by atoms with van der Waals surface area (Å²) in [6.45, 7) is 8.34. The lowest BCUT2D eigenvalue weighted by atomic mass is 9.96. The van der Waals surface area contributed by atoms with Crippen molar-refractivity contribution in [2.24, 2.45) is 4.99 Å². The molecule has 1 unspecified atom stereocenters. The SMILES string of the molecule is CCOC(=O)C1=C(C)N=c2sc(=Cc3cc([N+](=O)[O-])ccc3N3CCOCC3)c(=O)n2C1c1ccc(OCC)cc1. The van der Waals surface area contributed by atoms with Crippen LogP contribution in [-0.2, 0) is 14.3 Å². The van der Waals surface area contributed by atoms with Gasteiger partial charge in [0.2, 0.25) is 0 Å². The molecular weight excluding hydrogens is 548 g/mol. The van der Waals surface area contributed by atoms with Gasteiger partial charge in [-0.05, 0) is 50.6 Å². The van der Waals surface area contributed by atoms with Gasteiger partial charge in [-0.1, -0.05) is 23.5 Å². The zero-order chi connectivity index (χ0) is 29.1. The predicted octanol–water partition coefficient (Wildman–Crippen LogP) is 2.94. The van der Waals surface area contributed by atoms with Gasteiger partial charge in [0.25, 0.3) is 11.2 Å². The summed E-state index contributed by atoms with van der Waals surface area (Å²) in [4.78, 5) is 45.4. The van der Waals surface area contributed by atoms with Crippen LogP contribution in [0, 0.1) is 10.1 Å². The maximum absolute atomic E-state index is 14.0. The Hall–Kier alpha value is -4.29. The van der Waals surface area contributed by atoms with Gasteiger partial charge in [0, 0.05) is 36.5 Å². The predicted molar refractivity (Wildman–Crippen MR) is 154 cm³/mol. The number of non-ortho nitro benzene ring substituents is 1. The van der Waals surface area contributed by atoms with Crippen LogP contribution in [0.15, 0.2) is 63.5 Å². The number of nitro benzene ring substituents is 1. The molecule has 0 bridgehead atoms. The van der Waals surface area contributed by atoms with Crippen LogP contribution in [-0.4, -0.2) is 55.0 Å². The Bertz CT molecular complexity index is 1690. The number of nitro groups is 1. The Labute approximate surface area is 239 Å². The smallest absolute Gasteiger partial charge is 0.338 e. The standard InChI is InChI=1S/C29H30N4O7S/c1-4-39-22-9-6-19(7-10-22)26-25(28(35)40-5-2)18(3)30-29-32(26)27(34)24(41-29)17-20-16-21(33(36)37)8-11-23(20)31-12-14-38-15-13-31/h6-11,16-17,26H,4-5,12-15H2,1-3H3. The number of morpholine rings is 1. The van der Waals surface area contributed by atoms with Gasteiger partial charge >= 0.3 is 5.97 Å².